The number of carboxylic acids is 1. The summed E-state index contributed by atoms with van der Waals surface area (Å²) >= 11 is 1.62. The lowest BCUT2D eigenvalue weighted by Crippen LogP contribution is -2.39. The Bertz CT molecular complexity index is 603. The molecule has 1 heterocycles. The van der Waals surface area contributed by atoms with Crippen LogP contribution in [0.2, 0.25) is 0 Å². The van der Waals surface area contributed by atoms with Crippen molar-refractivity contribution >= 4 is 35.2 Å². The van der Waals surface area contributed by atoms with Crippen molar-refractivity contribution in [1.29, 1.82) is 0 Å². The second-order valence-electron chi connectivity index (χ2n) is 5.61. The number of aliphatic carboxylic acids is 1. The molecule has 2 rings (SSSR count). The average Bonchev–Trinajstić information content (AvgIpc) is 2.88. The topological polar surface area (TPSA) is 86.7 Å². The number of carbonyl (C=O) groups excluding carboxylic acids is 2. The van der Waals surface area contributed by atoms with E-state index in [0.29, 0.717) is 6.54 Å². The van der Waals surface area contributed by atoms with Crippen LogP contribution in [0.25, 0.3) is 0 Å². The number of carboxylic acid groups (broad SMARTS) is 1. The highest BCUT2D eigenvalue weighted by atomic mass is 32.2. The summed E-state index contributed by atoms with van der Waals surface area (Å²) in [6, 6.07) is 7.17. The van der Waals surface area contributed by atoms with E-state index >= 15 is 0 Å². The van der Waals surface area contributed by atoms with Crippen molar-refractivity contribution < 1.29 is 19.5 Å². The van der Waals surface area contributed by atoms with E-state index in [9.17, 15) is 14.4 Å². The number of hydrogen-bond donors (Lipinski definition) is 2. The third-order valence-electron chi connectivity index (χ3n) is 3.75. The van der Waals surface area contributed by atoms with Crippen LogP contribution in [0.4, 0.5) is 5.69 Å². The first-order valence-electron chi connectivity index (χ1n) is 7.37. The zero-order valence-electron chi connectivity index (χ0n) is 13.1. The predicted molar refractivity (Wildman–Crippen MR) is 88.5 cm³/mol. The van der Waals surface area contributed by atoms with Gasteiger partial charge >= 0.3 is 5.97 Å². The van der Waals surface area contributed by atoms with Gasteiger partial charge in [-0.15, -0.1) is 11.8 Å². The lowest BCUT2D eigenvalue weighted by molar-refractivity contribution is -0.137. The van der Waals surface area contributed by atoms with Crippen molar-refractivity contribution in [3.05, 3.63) is 24.3 Å². The van der Waals surface area contributed by atoms with Gasteiger partial charge in [0.25, 0.3) is 0 Å². The molecule has 1 aromatic carbocycles. The largest absolute Gasteiger partial charge is 0.481 e. The van der Waals surface area contributed by atoms with Gasteiger partial charge in [-0.2, -0.15) is 0 Å². The first-order valence-corrected chi connectivity index (χ1v) is 8.59. The van der Waals surface area contributed by atoms with Crippen LogP contribution >= 0.6 is 11.8 Å². The molecule has 6 nitrogen and oxygen atoms in total. The lowest BCUT2D eigenvalue weighted by atomic mass is 10.1. The van der Waals surface area contributed by atoms with E-state index in [0.717, 1.165) is 10.6 Å². The van der Waals surface area contributed by atoms with Crippen LogP contribution in [0.5, 0.6) is 0 Å². The maximum atomic E-state index is 12.2. The van der Waals surface area contributed by atoms with Gasteiger partial charge in [0.2, 0.25) is 11.8 Å². The van der Waals surface area contributed by atoms with E-state index in [1.165, 1.54) is 0 Å². The number of nitrogens with zero attached hydrogens (tertiary/aromatic N) is 1. The van der Waals surface area contributed by atoms with Crippen LogP contribution in [0.1, 0.15) is 19.8 Å². The minimum atomic E-state index is -0.962. The van der Waals surface area contributed by atoms with Crippen molar-refractivity contribution in [3.63, 3.8) is 0 Å². The molecule has 1 saturated heterocycles. The Morgan fingerprint density at radius 2 is 2.04 bits per heavy atom. The number of rotatable bonds is 6. The standard InChI is InChI=1S/C16H20N2O4S/c1-10(7-15(20)21)17-16(22)11-8-14(19)18(9-11)12-3-5-13(23-2)6-4-12/h3-6,10-11H,7-9H2,1-2H3,(H,17,22)(H,20,21). The molecule has 124 valence electrons. The van der Waals surface area contributed by atoms with Crippen molar-refractivity contribution in [2.75, 3.05) is 17.7 Å². The van der Waals surface area contributed by atoms with Crippen molar-refractivity contribution in [2.24, 2.45) is 5.92 Å². The monoisotopic (exact) mass is 336 g/mol. The van der Waals surface area contributed by atoms with Gasteiger partial charge in [0.1, 0.15) is 0 Å². The fourth-order valence-electron chi connectivity index (χ4n) is 2.57. The Morgan fingerprint density at radius 1 is 1.39 bits per heavy atom. The Kier molecular flexibility index (Phi) is 5.65. The summed E-state index contributed by atoms with van der Waals surface area (Å²) in [7, 11) is 0. The Hall–Kier alpha value is -2.02. The van der Waals surface area contributed by atoms with E-state index in [1.807, 2.05) is 30.5 Å². The lowest BCUT2D eigenvalue weighted by Gasteiger charge is -2.18. The van der Waals surface area contributed by atoms with E-state index in [1.54, 1.807) is 23.6 Å². The molecule has 2 unspecified atom stereocenters. The number of benzene rings is 1. The van der Waals surface area contributed by atoms with Crippen LogP contribution < -0.4 is 10.2 Å². The van der Waals surface area contributed by atoms with E-state index in [-0.39, 0.29) is 24.7 Å². The molecule has 0 spiro atoms. The summed E-state index contributed by atoms with van der Waals surface area (Å²) in [6.45, 7) is 1.96. The van der Waals surface area contributed by atoms with Gasteiger partial charge in [-0.3, -0.25) is 14.4 Å². The number of thioether (sulfide) groups is 1. The molecule has 1 fully saturated rings. The second-order valence-corrected chi connectivity index (χ2v) is 6.49. The minimum Gasteiger partial charge on any atom is -0.481 e. The Labute approximate surface area is 139 Å². The SMILES string of the molecule is CSc1ccc(N2CC(C(=O)NC(C)CC(=O)O)CC2=O)cc1. The molecule has 2 N–H and O–H groups in total. The quantitative estimate of drug-likeness (QED) is 0.773. The smallest absolute Gasteiger partial charge is 0.305 e. The van der Waals surface area contributed by atoms with E-state index in [4.69, 9.17) is 5.11 Å². The van der Waals surface area contributed by atoms with Crippen molar-refractivity contribution in [1.82, 2.24) is 5.32 Å². The van der Waals surface area contributed by atoms with Crippen LogP contribution in [-0.2, 0) is 14.4 Å². The zero-order valence-corrected chi connectivity index (χ0v) is 13.9. The molecule has 0 saturated carbocycles. The summed E-state index contributed by atoms with van der Waals surface area (Å²) in [5.41, 5.74) is 0.779. The van der Waals surface area contributed by atoms with Crippen molar-refractivity contribution in [3.8, 4) is 0 Å². The Morgan fingerprint density at radius 3 is 2.61 bits per heavy atom. The van der Waals surface area contributed by atoms with Crippen molar-refractivity contribution in [2.45, 2.75) is 30.7 Å². The zero-order chi connectivity index (χ0) is 17.0. The fraction of sp³-hybridized carbons (Fsp3) is 0.438. The predicted octanol–water partition coefficient (Wildman–Crippen LogP) is 1.74. The highest BCUT2D eigenvalue weighted by molar-refractivity contribution is 7.98. The third kappa shape index (κ3) is 4.48. The molecule has 1 aromatic rings. The third-order valence-corrected chi connectivity index (χ3v) is 4.49. The number of amides is 2. The van der Waals surface area contributed by atoms with Gasteiger partial charge in [-0.05, 0) is 37.4 Å². The molecular formula is C16H20N2O4S. The second kappa shape index (κ2) is 7.50. The molecule has 0 radical (unpaired) electrons. The molecule has 7 heteroatoms. The van der Waals surface area contributed by atoms with E-state index in [2.05, 4.69) is 5.32 Å². The number of nitrogens with one attached hydrogen (secondary N) is 1. The normalized spacial score (nSPS) is 18.8. The molecule has 0 bridgehead atoms. The van der Waals surface area contributed by atoms with Gasteiger partial charge in [0, 0.05) is 29.6 Å². The van der Waals surface area contributed by atoms with Crippen LogP contribution in [0.15, 0.2) is 29.2 Å². The molecular weight excluding hydrogens is 316 g/mol. The van der Waals surface area contributed by atoms with Gasteiger partial charge in [-0.25, -0.2) is 0 Å². The summed E-state index contributed by atoms with van der Waals surface area (Å²) < 4.78 is 0. The minimum absolute atomic E-state index is 0.0899. The summed E-state index contributed by atoms with van der Waals surface area (Å²) in [6.07, 6.45) is 2.00. The average molecular weight is 336 g/mol. The molecule has 2 amide bonds. The molecule has 1 aliphatic heterocycles. The van der Waals surface area contributed by atoms with E-state index < -0.39 is 17.9 Å². The number of carbonyl (C=O) groups is 3. The highest BCUT2D eigenvalue weighted by Gasteiger charge is 2.35. The van der Waals surface area contributed by atoms with Gasteiger partial charge in [-0.1, -0.05) is 0 Å². The number of hydrogen-bond acceptors (Lipinski definition) is 4. The molecule has 1 aliphatic rings. The van der Waals surface area contributed by atoms with Crippen LogP contribution in [-0.4, -0.2) is 41.7 Å². The van der Waals surface area contributed by atoms with Gasteiger partial charge < -0.3 is 15.3 Å². The summed E-state index contributed by atoms with van der Waals surface area (Å²) in [5.74, 6) is -1.77. The highest BCUT2D eigenvalue weighted by Crippen LogP contribution is 2.27. The maximum absolute atomic E-state index is 12.2. The molecule has 23 heavy (non-hydrogen) atoms. The molecule has 0 aliphatic carbocycles. The van der Waals surface area contributed by atoms with Crippen LogP contribution in [0.3, 0.4) is 0 Å². The molecule has 2 atom stereocenters. The summed E-state index contributed by atoms with van der Waals surface area (Å²) in [4.78, 5) is 37.7. The van der Waals surface area contributed by atoms with Gasteiger partial charge in [0.15, 0.2) is 0 Å². The number of anilines is 1. The molecule has 0 aromatic heterocycles. The Balaban J connectivity index is 1.98. The summed E-state index contributed by atoms with van der Waals surface area (Å²) in [5, 5.41) is 11.4. The van der Waals surface area contributed by atoms with Gasteiger partial charge in [0.05, 0.1) is 12.3 Å². The fourth-order valence-corrected chi connectivity index (χ4v) is 2.98. The maximum Gasteiger partial charge on any atom is 0.305 e. The first kappa shape index (κ1) is 17.3. The first-order chi connectivity index (χ1) is 10.9. The van der Waals surface area contributed by atoms with Crippen LogP contribution in [0, 0.1) is 5.92 Å².